The highest BCUT2D eigenvalue weighted by Crippen LogP contribution is 2.33. The van der Waals surface area contributed by atoms with Crippen molar-refractivity contribution < 1.29 is 4.42 Å². The molecule has 0 aliphatic heterocycles. The molecule has 0 amide bonds. The van der Waals surface area contributed by atoms with Crippen LogP contribution in [-0.2, 0) is 0 Å². The summed E-state index contributed by atoms with van der Waals surface area (Å²) in [4.78, 5) is 19.8. The maximum Gasteiger partial charge on any atom is 0.227 e. The zero-order chi connectivity index (χ0) is 27.2. The van der Waals surface area contributed by atoms with Gasteiger partial charge in [-0.15, -0.1) is 0 Å². The molecule has 6 aromatic carbocycles. The fourth-order valence-electron chi connectivity index (χ4n) is 5.35. The number of hydrogen-bond acceptors (Lipinski definition) is 5. The second kappa shape index (κ2) is 9.50. The van der Waals surface area contributed by atoms with Crippen molar-refractivity contribution in [3.8, 4) is 45.6 Å². The summed E-state index contributed by atoms with van der Waals surface area (Å²) < 4.78 is 6.18. The van der Waals surface area contributed by atoms with Crippen LogP contribution in [0.3, 0.4) is 0 Å². The molecule has 0 unspecified atom stereocenters. The van der Waals surface area contributed by atoms with Crippen LogP contribution in [-0.4, -0.2) is 19.9 Å². The smallest absolute Gasteiger partial charge is 0.227 e. The zero-order valence-corrected chi connectivity index (χ0v) is 21.9. The van der Waals surface area contributed by atoms with Gasteiger partial charge in [0.1, 0.15) is 5.52 Å². The number of benzene rings is 6. The van der Waals surface area contributed by atoms with Gasteiger partial charge in [0.2, 0.25) is 5.89 Å². The molecule has 0 spiro atoms. The van der Waals surface area contributed by atoms with Crippen LogP contribution in [0.5, 0.6) is 0 Å². The van der Waals surface area contributed by atoms with Crippen molar-refractivity contribution in [2.45, 2.75) is 0 Å². The Morgan fingerprint density at radius 1 is 0.415 bits per heavy atom. The van der Waals surface area contributed by atoms with Crippen molar-refractivity contribution in [2.75, 3.05) is 0 Å². The average molecular weight is 527 g/mol. The van der Waals surface area contributed by atoms with Gasteiger partial charge in [0.25, 0.3) is 0 Å². The van der Waals surface area contributed by atoms with Crippen molar-refractivity contribution in [1.29, 1.82) is 0 Å². The molecule has 8 rings (SSSR count). The Balaban J connectivity index is 1.35. The van der Waals surface area contributed by atoms with E-state index in [0.717, 1.165) is 49.3 Å². The van der Waals surface area contributed by atoms with E-state index in [2.05, 4.69) is 48.5 Å². The van der Waals surface area contributed by atoms with E-state index < -0.39 is 0 Å². The van der Waals surface area contributed by atoms with Crippen molar-refractivity contribution in [1.82, 2.24) is 19.9 Å². The summed E-state index contributed by atoms with van der Waals surface area (Å²) in [6, 6.07) is 44.9. The van der Waals surface area contributed by atoms with Gasteiger partial charge in [-0.25, -0.2) is 19.9 Å². The topological polar surface area (TPSA) is 64.7 Å². The first kappa shape index (κ1) is 23.2. The molecule has 0 bridgehead atoms. The number of hydrogen-bond donors (Lipinski definition) is 0. The van der Waals surface area contributed by atoms with Gasteiger partial charge in [0.15, 0.2) is 23.1 Å². The summed E-state index contributed by atoms with van der Waals surface area (Å²) in [5.74, 6) is 2.40. The van der Waals surface area contributed by atoms with E-state index in [4.69, 9.17) is 24.4 Å². The van der Waals surface area contributed by atoms with E-state index in [1.165, 1.54) is 0 Å². The molecule has 0 saturated heterocycles. The van der Waals surface area contributed by atoms with Gasteiger partial charge < -0.3 is 4.42 Å². The summed E-state index contributed by atoms with van der Waals surface area (Å²) >= 11 is 0. The van der Waals surface area contributed by atoms with E-state index in [9.17, 15) is 0 Å². The monoisotopic (exact) mass is 526 g/mol. The Kier molecular flexibility index (Phi) is 5.38. The van der Waals surface area contributed by atoms with Gasteiger partial charge in [-0.1, -0.05) is 103 Å². The Hall–Kier alpha value is -5.68. The molecular weight excluding hydrogens is 504 g/mol. The highest BCUT2D eigenvalue weighted by atomic mass is 16.3. The molecule has 192 valence electrons. The van der Waals surface area contributed by atoms with E-state index >= 15 is 0 Å². The maximum atomic E-state index is 6.18. The fourth-order valence-corrected chi connectivity index (χ4v) is 5.35. The molecule has 5 nitrogen and oxygen atoms in total. The first-order chi connectivity index (χ1) is 20.3. The minimum Gasteiger partial charge on any atom is -0.436 e. The van der Waals surface area contributed by atoms with Crippen LogP contribution in [0, 0.1) is 0 Å². The molecule has 0 N–H and O–H groups in total. The lowest BCUT2D eigenvalue weighted by Crippen LogP contribution is -2.01. The van der Waals surface area contributed by atoms with Gasteiger partial charge >= 0.3 is 0 Å². The molecule has 5 heteroatoms. The van der Waals surface area contributed by atoms with Crippen LogP contribution >= 0.6 is 0 Å². The highest BCUT2D eigenvalue weighted by molar-refractivity contribution is 5.97. The van der Waals surface area contributed by atoms with Gasteiger partial charge in [0.05, 0.1) is 0 Å². The summed E-state index contributed by atoms with van der Waals surface area (Å²) in [7, 11) is 0. The second-order valence-corrected chi connectivity index (χ2v) is 9.93. The molecule has 2 heterocycles. The van der Waals surface area contributed by atoms with Crippen LogP contribution in [0.2, 0.25) is 0 Å². The molecule has 2 aromatic heterocycles. The Bertz CT molecular complexity index is 2110. The molecule has 0 aliphatic rings. The first-order valence-corrected chi connectivity index (χ1v) is 13.5. The average Bonchev–Trinajstić information content (AvgIpc) is 3.48. The third-order valence-corrected chi connectivity index (χ3v) is 7.36. The largest absolute Gasteiger partial charge is 0.436 e. The lowest BCUT2D eigenvalue weighted by molar-refractivity contribution is 0.620. The standard InChI is InChI=1S/C36H22N4O/c1-2-12-25(13-3-1)36-37-31-21-20-26(22-32(31)41-36)33-38-34(29-18-8-14-23-10-4-6-16-27(23)29)40-35(39-33)30-19-9-15-24-11-5-7-17-28(24)30/h1-22H. The van der Waals surface area contributed by atoms with E-state index in [0.29, 0.717) is 28.9 Å². The van der Waals surface area contributed by atoms with Crippen LogP contribution in [0.15, 0.2) is 138 Å². The molecule has 8 aromatic rings. The Labute approximate surface area is 235 Å². The molecular formula is C36H22N4O. The molecule has 0 aliphatic carbocycles. The van der Waals surface area contributed by atoms with Crippen molar-refractivity contribution in [2.24, 2.45) is 0 Å². The summed E-state index contributed by atoms with van der Waals surface area (Å²) in [5, 5.41) is 4.45. The summed E-state index contributed by atoms with van der Waals surface area (Å²) in [5.41, 5.74) is 5.15. The van der Waals surface area contributed by atoms with Crippen molar-refractivity contribution in [3.05, 3.63) is 133 Å². The highest BCUT2D eigenvalue weighted by Gasteiger charge is 2.17. The quantitative estimate of drug-likeness (QED) is 0.229. The van der Waals surface area contributed by atoms with Crippen LogP contribution < -0.4 is 0 Å². The number of rotatable bonds is 4. The Morgan fingerprint density at radius 3 is 1.63 bits per heavy atom. The van der Waals surface area contributed by atoms with Gasteiger partial charge in [-0.05, 0) is 51.9 Å². The van der Waals surface area contributed by atoms with Crippen molar-refractivity contribution in [3.63, 3.8) is 0 Å². The second-order valence-electron chi connectivity index (χ2n) is 9.93. The predicted octanol–water partition coefficient (Wildman–Crippen LogP) is 8.99. The van der Waals surface area contributed by atoms with Crippen LogP contribution in [0.4, 0.5) is 0 Å². The van der Waals surface area contributed by atoms with Gasteiger partial charge in [-0.2, -0.15) is 0 Å². The normalized spacial score (nSPS) is 11.4. The minimum atomic E-state index is 0.574. The lowest BCUT2D eigenvalue weighted by Gasteiger charge is -2.11. The molecule has 41 heavy (non-hydrogen) atoms. The van der Waals surface area contributed by atoms with E-state index in [-0.39, 0.29) is 0 Å². The molecule has 0 fully saturated rings. The predicted molar refractivity (Wildman–Crippen MR) is 164 cm³/mol. The maximum absolute atomic E-state index is 6.18. The van der Waals surface area contributed by atoms with Crippen LogP contribution in [0.1, 0.15) is 0 Å². The Morgan fingerprint density at radius 2 is 0.976 bits per heavy atom. The number of oxazole rings is 1. The molecule has 0 atom stereocenters. The van der Waals surface area contributed by atoms with Crippen molar-refractivity contribution >= 4 is 32.6 Å². The SMILES string of the molecule is c1ccc(-c2nc3ccc(-c4nc(-c5cccc6ccccc56)nc(-c5cccc6ccccc56)n4)cc3o2)cc1. The fraction of sp³-hybridized carbons (Fsp3) is 0. The third kappa shape index (κ3) is 4.12. The molecule has 0 radical (unpaired) electrons. The number of fused-ring (bicyclic) bond motifs is 3. The van der Waals surface area contributed by atoms with E-state index in [1.807, 2.05) is 84.9 Å². The summed E-state index contributed by atoms with van der Waals surface area (Å²) in [6.45, 7) is 0. The molecule has 0 saturated carbocycles. The minimum absolute atomic E-state index is 0.574. The first-order valence-electron chi connectivity index (χ1n) is 13.5. The van der Waals surface area contributed by atoms with Crippen LogP contribution in [0.25, 0.3) is 78.3 Å². The number of nitrogens with zero attached hydrogens (tertiary/aromatic N) is 4. The van der Waals surface area contributed by atoms with Gasteiger partial charge in [-0.3, -0.25) is 0 Å². The summed E-state index contributed by atoms with van der Waals surface area (Å²) in [6.07, 6.45) is 0. The van der Waals surface area contributed by atoms with Gasteiger partial charge in [0, 0.05) is 22.3 Å². The number of aromatic nitrogens is 4. The zero-order valence-electron chi connectivity index (χ0n) is 21.9. The third-order valence-electron chi connectivity index (χ3n) is 7.36. The van der Waals surface area contributed by atoms with E-state index in [1.54, 1.807) is 0 Å². The lowest BCUT2D eigenvalue weighted by atomic mass is 10.0.